The van der Waals surface area contributed by atoms with Crippen molar-refractivity contribution in [1.29, 1.82) is 0 Å². The maximum atomic E-state index is 12.1. The molecule has 0 aromatic heterocycles. The van der Waals surface area contributed by atoms with E-state index in [0.717, 1.165) is 33.6 Å². The molecular formula is C30H36N2O3S. The highest BCUT2D eigenvalue weighted by atomic mass is 32.2. The van der Waals surface area contributed by atoms with E-state index in [9.17, 15) is 13.5 Å². The summed E-state index contributed by atoms with van der Waals surface area (Å²) in [5.74, 6) is 0.339. The summed E-state index contributed by atoms with van der Waals surface area (Å²) in [6, 6.07) is 19.7. The summed E-state index contributed by atoms with van der Waals surface area (Å²) >= 11 is 0. The fourth-order valence-corrected chi connectivity index (χ4v) is 5.46. The second-order valence-electron chi connectivity index (χ2n) is 10.6. The van der Waals surface area contributed by atoms with E-state index < -0.39 is 15.4 Å². The van der Waals surface area contributed by atoms with Crippen molar-refractivity contribution >= 4 is 15.5 Å². The lowest BCUT2D eigenvalue weighted by Gasteiger charge is -2.31. The lowest BCUT2D eigenvalue weighted by atomic mass is 9.95. The molecule has 0 aliphatic carbocycles. The topological polar surface area (TPSA) is 69.6 Å². The number of sulfone groups is 1. The number of aliphatic hydroxyl groups is 1. The first kappa shape index (κ1) is 26.0. The van der Waals surface area contributed by atoms with E-state index >= 15 is 0 Å². The zero-order chi connectivity index (χ0) is 26.4. The Hall–Kier alpha value is -3.09. The first-order valence-corrected chi connectivity index (χ1v) is 14.2. The minimum Gasteiger partial charge on any atom is -0.384 e. The zero-order valence-electron chi connectivity index (χ0n) is 22.1. The second-order valence-corrected chi connectivity index (χ2v) is 12.6. The molecular weight excluding hydrogens is 468 g/mol. The first-order valence-electron chi connectivity index (χ1n) is 12.3. The van der Waals surface area contributed by atoms with Gasteiger partial charge in [0, 0.05) is 18.1 Å². The molecule has 0 radical (unpaired) electrons. The van der Waals surface area contributed by atoms with Gasteiger partial charge in [0.1, 0.15) is 6.17 Å². The Morgan fingerprint density at radius 1 is 0.944 bits per heavy atom. The van der Waals surface area contributed by atoms with Crippen LogP contribution in [0.25, 0.3) is 11.1 Å². The maximum Gasteiger partial charge on any atom is 0.175 e. The van der Waals surface area contributed by atoms with Crippen molar-refractivity contribution in [1.82, 2.24) is 5.32 Å². The zero-order valence-corrected chi connectivity index (χ0v) is 22.9. The molecule has 1 atom stereocenters. The van der Waals surface area contributed by atoms with E-state index in [-0.39, 0.29) is 6.17 Å². The second kappa shape index (κ2) is 9.41. The number of hydrogen-bond donors (Lipinski definition) is 2. The minimum atomic E-state index is -3.29. The average molecular weight is 505 g/mol. The number of hydrogen-bond acceptors (Lipinski definition) is 5. The number of anilines is 1. The number of nitrogens with zero attached hydrogens (tertiary/aromatic N) is 1. The molecule has 0 saturated heterocycles. The van der Waals surface area contributed by atoms with Crippen molar-refractivity contribution in [3.8, 4) is 11.1 Å². The summed E-state index contributed by atoms with van der Waals surface area (Å²) in [4.78, 5) is 2.55. The van der Waals surface area contributed by atoms with Gasteiger partial charge in [0.05, 0.1) is 16.2 Å². The molecule has 4 rings (SSSR count). The predicted octanol–water partition coefficient (Wildman–Crippen LogP) is 6.22. The summed E-state index contributed by atoms with van der Waals surface area (Å²) in [5.41, 5.74) is 7.30. The smallest absolute Gasteiger partial charge is 0.175 e. The number of nitrogens with one attached hydrogen (secondary N) is 1. The van der Waals surface area contributed by atoms with E-state index in [0.29, 0.717) is 10.8 Å². The van der Waals surface area contributed by atoms with Gasteiger partial charge in [-0.05, 0) is 79.1 Å². The summed E-state index contributed by atoms with van der Waals surface area (Å²) in [7, 11) is -3.29. The van der Waals surface area contributed by atoms with Crippen LogP contribution in [0.1, 0.15) is 62.0 Å². The molecule has 0 saturated carbocycles. The van der Waals surface area contributed by atoms with Gasteiger partial charge in [-0.15, -0.1) is 0 Å². The van der Waals surface area contributed by atoms with Crippen molar-refractivity contribution in [2.45, 2.75) is 64.1 Å². The molecule has 0 spiro atoms. The molecule has 3 aromatic rings. The molecule has 1 aliphatic heterocycles. The lowest BCUT2D eigenvalue weighted by molar-refractivity contribution is 0.112. The first-order chi connectivity index (χ1) is 16.8. The van der Waals surface area contributed by atoms with Gasteiger partial charge in [-0.25, -0.2) is 8.42 Å². The average Bonchev–Trinajstić information content (AvgIpc) is 3.23. The standard InChI is InChI=1S/C30H36N2O3S/c1-19(2)25-13-8-10-20(3)28(25)32-18-27(30(5,6)33)31-29(32)26-15-14-23(16-21(26)4)22-11-9-12-24(17-22)36(7,34)35/h8-19,29,31,33H,1-7H3. The monoisotopic (exact) mass is 504 g/mol. The third-order valence-corrected chi connectivity index (χ3v) is 7.92. The van der Waals surface area contributed by atoms with Crippen molar-refractivity contribution in [3.63, 3.8) is 0 Å². The van der Waals surface area contributed by atoms with Gasteiger partial charge in [0.2, 0.25) is 0 Å². The Morgan fingerprint density at radius 3 is 2.22 bits per heavy atom. The molecule has 3 aromatic carbocycles. The van der Waals surface area contributed by atoms with Gasteiger partial charge >= 0.3 is 0 Å². The summed E-state index contributed by atoms with van der Waals surface area (Å²) in [6.45, 7) is 12.2. The third-order valence-electron chi connectivity index (χ3n) is 6.81. The Bertz CT molecular complexity index is 1430. The molecule has 1 aliphatic rings. The van der Waals surface area contributed by atoms with Crippen LogP contribution in [0.5, 0.6) is 0 Å². The molecule has 190 valence electrons. The van der Waals surface area contributed by atoms with Gasteiger partial charge < -0.3 is 15.3 Å². The minimum absolute atomic E-state index is 0.193. The van der Waals surface area contributed by atoms with Crippen LogP contribution in [-0.2, 0) is 9.84 Å². The SMILES string of the molecule is Cc1cc(-c2cccc(S(C)(=O)=O)c2)ccc1C1NC(C(C)(C)O)=CN1c1c(C)cccc1C(C)C. The summed E-state index contributed by atoms with van der Waals surface area (Å²) in [5, 5.41) is 14.4. The maximum absolute atomic E-state index is 12.1. The molecule has 2 N–H and O–H groups in total. The quantitative estimate of drug-likeness (QED) is 0.417. The van der Waals surface area contributed by atoms with E-state index in [2.05, 4.69) is 68.2 Å². The van der Waals surface area contributed by atoms with Crippen LogP contribution < -0.4 is 10.2 Å². The number of para-hydroxylation sites is 1. The molecule has 0 fully saturated rings. The molecule has 1 unspecified atom stereocenters. The van der Waals surface area contributed by atoms with Crippen molar-refractivity contribution in [2.24, 2.45) is 0 Å². The fourth-order valence-electron chi connectivity index (χ4n) is 4.79. The van der Waals surface area contributed by atoms with Crippen molar-refractivity contribution < 1.29 is 13.5 Å². The Balaban J connectivity index is 1.81. The number of rotatable bonds is 6. The highest BCUT2D eigenvalue weighted by molar-refractivity contribution is 7.90. The van der Waals surface area contributed by atoms with Crippen LogP contribution >= 0.6 is 0 Å². The number of benzene rings is 3. The molecule has 5 nitrogen and oxygen atoms in total. The van der Waals surface area contributed by atoms with E-state index in [1.807, 2.05) is 18.3 Å². The van der Waals surface area contributed by atoms with Gasteiger partial charge in [0.25, 0.3) is 0 Å². The van der Waals surface area contributed by atoms with Crippen molar-refractivity contribution in [2.75, 3.05) is 11.2 Å². The van der Waals surface area contributed by atoms with Gasteiger partial charge in [0.15, 0.2) is 9.84 Å². The van der Waals surface area contributed by atoms with Crippen LogP contribution in [0.2, 0.25) is 0 Å². The van der Waals surface area contributed by atoms with Gasteiger partial charge in [-0.3, -0.25) is 0 Å². The third kappa shape index (κ3) is 5.06. The Labute approximate surface area is 215 Å². The highest BCUT2D eigenvalue weighted by Crippen LogP contribution is 2.41. The molecule has 0 bridgehead atoms. The Morgan fingerprint density at radius 2 is 1.61 bits per heavy atom. The van der Waals surface area contributed by atoms with Crippen LogP contribution in [0.3, 0.4) is 0 Å². The summed E-state index contributed by atoms with van der Waals surface area (Å²) < 4.78 is 24.1. The molecule has 6 heteroatoms. The number of aryl methyl sites for hydroxylation is 2. The Kier molecular flexibility index (Phi) is 6.80. The van der Waals surface area contributed by atoms with Crippen LogP contribution in [0, 0.1) is 13.8 Å². The molecule has 1 heterocycles. The lowest BCUT2D eigenvalue weighted by Crippen LogP contribution is -2.34. The highest BCUT2D eigenvalue weighted by Gasteiger charge is 2.35. The largest absolute Gasteiger partial charge is 0.384 e. The fraction of sp³-hybridized carbons (Fsp3) is 0.333. The van der Waals surface area contributed by atoms with Crippen molar-refractivity contribution in [3.05, 3.63) is 94.8 Å². The molecule has 36 heavy (non-hydrogen) atoms. The van der Waals surface area contributed by atoms with E-state index in [1.54, 1.807) is 32.0 Å². The van der Waals surface area contributed by atoms with Gasteiger partial charge in [-0.2, -0.15) is 0 Å². The van der Waals surface area contributed by atoms with Crippen LogP contribution in [-0.4, -0.2) is 25.4 Å². The predicted molar refractivity (Wildman–Crippen MR) is 148 cm³/mol. The normalized spacial score (nSPS) is 16.3. The van der Waals surface area contributed by atoms with Crippen LogP contribution in [0.15, 0.2) is 77.5 Å². The summed E-state index contributed by atoms with van der Waals surface area (Å²) in [6.07, 6.45) is 3.06. The van der Waals surface area contributed by atoms with E-state index in [1.165, 1.54) is 17.4 Å². The van der Waals surface area contributed by atoms with Crippen LogP contribution in [0.4, 0.5) is 5.69 Å². The van der Waals surface area contributed by atoms with E-state index in [4.69, 9.17) is 0 Å². The molecule has 0 amide bonds. The van der Waals surface area contributed by atoms with Gasteiger partial charge in [-0.1, -0.05) is 62.4 Å².